The molecule has 2 aromatic carbocycles. The van der Waals surface area contributed by atoms with Crippen LogP contribution in [0.3, 0.4) is 0 Å². The van der Waals surface area contributed by atoms with Crippen LogP contribution in [0, 0.1) is 0 Å². The van der Waals surface area contributed by atoms with Gasteiger partial charge in [-0.1, -0.05) is 37.3 Å². The molecule has 1 fully saturated rings. The molecule has 0 N–H and O–H groups in total. The number of hydrogen-bond donors (Lipinski definition) is 0. The van der Waals surface area contributed by atoms with Crippen LogP contribution in [0.2, 0.25) is 0 Å². The number of rotatable bonds is 6. The molecule has 1 aromatic heterocycles. The van der Waals surface area contributed by atoms with Crippen LogP contribution in [-0.4, -0.2) is 44.6 Å². The highest BCUT2D eigenvalue weighted by molar-refractivity contribution is 8.18. The monoisotopic (exact) mass is 488 g/mol. The smallest absolute Gasteiger partial charge is 0.286 e. The summed E-state index contributed by atoms with van der Waals surface area (Å²) in [6.45, 7) is 4.15. The van der Waals surface area contributed by atoms with Gasteiger partial charge in [0.25, 0.3) is 5.91 Å². The van der Waals surface area contributed by atoms with E-state index in [0.29, 0.717) is 4.91 Å². The first kappa shape index (κ1) is 23.0. The highest BCUT2D eigenvalue weighted by Crippen LogP contribution is 2.34. The van der Waals surface area contributed by atoms with Crippen LogP contribution in [0.5, 0.6) is 0 Å². The molecule has 5 rings (SSSR count). The molecule has 0 aliphatic carbocycles. The van der Waals surface area contributed by atoms with Crippen LogP contribution in [0.25, 0.3) is 23.0 Å². The summed E-state index contributed by atoms with van der Waals surface area (Å²) in [5.41, 5.74) is 3.81. The number of amidine groups is 1. The van der Waals surface area contributed by atoms with Gasteiger partial charge >= 0.3 is 0 Å². The van der Waals surface area contributed by atoms with E-state index in [9.17, 15) is 4.79 Å². The van der Waals surface area contributed by atoms with Gasteiger partial charge in [0.05, 0.1) is 16.3 Å². The predicted octanol–water partition coefficient (Wildman–Crippen LogP) is 6.50. The molecule has 0 atom stereocenters. The summed E-state index contributed by atoms with van der Waals surface area (Å²) in [5, 5.41) is 5.75. The number of likely N-dealkylation sites (tertiary alicyclic amines) is 1. The summed E-state index contributed by atoms with van der Waals surface area (Å²) in [6.07, 6.45) is 8.68. The summed E-state index contributed by atoms with van der Waals surface area (Å²) in [4.78, 5) is 21.3. The third kappa shape index (κ3) is 5.15. The number of thioether (sulfide) groups is 2. The molecule has 0 saturated carbocycles. The van der Waals surface area contributed by atoms with Crippen molar-refractivity contribution in [2.45, 2.75) is 37.5 Å². The lowest BCUT2D eigenvalue weighted by Gasteiger charge is -2.27. The molecule has 0 spiro atoms. The highest BCUT2D eigenvalue weighted by atomic mass is 32.2. The van der Waals surface area contributed by atoms with Crippen LogP contribution in [0.15, 0.2) is 75.6 Å². The number of carbonyl (C=O) groups excluding carboxylic acids is 1. The quantitative estimate of drug-likeness (QED) is 0.293. The zero-order chi connectivity index (χ0) is 23.3. The molecule has 2 aliphatic heterocycles. The van der Waals surface area contributed by atoms with Gasteiger partial charge in [0.2, 0.25) is 0 Å². The minimum absolute atomic E-state index is 0.157. The van der Waals surface area contributed by atoms with Gasteiger partial charge in [-0.25, -0.2) is 4.68 Å². The highest BCUT2D eigenvalue weighted by Gasteiger charge is 2.27. The summed E-state index contributed by atoms with van der Waals surface area (Å²) < 4.78 is 1.89. The van der Waals surface area contributed by atoms with Gasteiger partial charge in [-0.3, -0.25) is 4.79 Å². The third-order valence-corrected chi connectivity index (χ3v) is 8.15. The molecule has 0 unspecified atom stereocenters. The summed E-state index contributed by atoms with van der Waals surface area (Å²) >= 11 is 3.35. The topological polar surface area (TPSA) is 50.5 Å². The van der Waals surface area contributed by atoms with Crippen molar-refractivity contribution in [3.8, 4) is 16.9 Å². The molecule has 7 heteroatoms. The van der Waals surface area contributed by atoms with E-state index in [1.54, 1.807) is 0 Å². The van der Waals surface area contributed by atoms with Crippen molar-refractivity contribution in [2.75, 3.05) is 18.8 Å². The van der Waals surface area contributed by atoms with Crippen LogP contribution in [0.1, 0.15) is 38.2 Å². The Morgan fingerprint density at radius 1 is 1.03 bits per heavy atom. The SMILES string of the molecule is CCCSc1ccc(-c2nn(-c3ccccc3)cc2C=C2SC(N3CCCCC3)=NC2=O)cc1. The minimum atomic E-state index is -0.157. The fourth-order valence-electron chi connectivity index (χ4n) is 4.12. The molecule has 0 radical (unpaired) electrons. The zero-order valence-electron chi connectivity index (χ0n) is 19.3. The number of nitrogens with zero attached hydrogens (tertiary/aromatic N) is 4. The lowest BCUT2D eigenvalue weighted by atomic mass is 10.1. The Balaban J connectivity index is 1.47. The summed E-state index contributed by atoms with van der Waals surface area (Å²) in [6, 6.07) is 18.6. The van der Waals surface area contributed by atoms with Crippen LogP contribution >= 0.6 is 23.5 Å². The molecule has 1 amide bonds. The molecule has 1 saturated heterocycles. The lowest BCUT2D eigenvalue weighted by Crippen LogP contribution is -2.33. The average Bonchev–Trinajstić information content (AvgIpc) is 3.48. The maximum Gasteiger partial charge on any atom is 0.286 e. The summed E-state index contributed by atoms with van der Waals surface area (Å²) in [5.74, 6) is 0.952. The van der Waals surface area contributed by atoms with Gasteiger partial charge < -0.3 is 4.90 Å². The van der Waals surface area contributed by atoms with E-state index in [2.05, 4.69) is 41.1 Å². The predicted molar refractivity (Wildman–Crippen MR) is 143 cm³/mol. The second-order valence-electron chi connectivity index (χ2n) is 8.44. The lowest BCUT2D eigenvalue weighted by molar-refractivity contribution is -0.113. The molecule has 174 valence electrons. The number of amides is 1. The normalized spacial score (nSPS) is 17.4. The van der Waals surface area contributed by atoms with Crippen LogP contribution in [0.4, 0.5) is 0 Å². The van der Waals surface area contributed by atoms with E-state index in [-0.39, 0.29) is 5.91 Å². The Kier molecular flexibility index (Phi) is 7.21. The van der Waals surface area contributed by atoms with E-state index in [1.807, 2.05) is 59.0 Å². The first-order chi connectivity index (χ1) is 16.7. The third-order valence-electron chi connectivity index (χ3n) is 5.89. The molecule has 34 heavy (non-hydrogen) atoms. The Labute approximate surface area is 209 Å². The second-order valence-corrected chi connectivity index (χ2v) is 10.6. The number of piperidine rings is 1. The van der Waals surface area contributed by atoms with E-state index in [1.165, 1.54) is 23.1 Å². The number of benzene rings is 2. The van der Waals surface area contributed by atoms with Crippen molar-refractivity contribution in [1.29, 1.82) is 0 Å². The second kappa shape index (κ2) is 10.7. The van der Waals surface area contributed by atoms with Gasteiger partial charge in [-0.05, 0) is 73.5 Å². The average molecular weight is 489 g/mol. The van der Waals surface area contributed by atoms with Gasteiger partial charge in [0.15, 0.2) is 5.17 Å². The standard InChI is InChI=1S/C27H28N4OS2/c1-2-17-33-23-13-11-20(12-14-23)25-21(19-31(29-25)22-9-5-3-6-10-22)18-24-26(32)28-27(34-24)30-15-7-4-8-16-30/h3,5-6,9-14,18-19H,2,4,7-8,15-17H2,1H3. The fraction of sp³-hybridized carbons (Fsp3) is 0.296. The van der Waals surface area contributed by atoms with Gasteiger partial charge in [-0.2, -0.15) is 10.1 Å². The molecule has 0 bridgehead atoms. The first-order valence-corrected chi connectivity index (χ1v) is 13.7. The van der Waals surface area contributed by atoms with E-state index in [0.717, 1.165) is 65.8 Å². The first-order valence-electron chi connectivity index (χ1n) is 11.9. The Bertz CT molecular complexity index is 1210. The van der Waals surface area contributed by atoms with E-state index >= 15 is 0 Å². The Morgan fingerprint density at radius 3 is 2.53 bits per heavy atom. The van der Waals surface area contributed by atoms with Gasteiger partial charge in [0.1, 0.15) is 0 Å². The maximum absolute atomic E-state index is 12.8. The number of para-hydroxylation sites is 1. The number of aromatic nitrogens is 2. The molecular weight excluding hydrogens is 460 g/mol. The largest absolute Gasteiger partial charge is 0.351 e. The number of hydrogen-bond acceptors (Lipinski definition) is 5. The van der Waals surface area contributed by atoms with Crippen molar-refractivity contribution < 1.29 is 4.79 Å². The van der Waals surface area contributed by atoms with E-state index in [4.69, 9.17) is 5.10 Å². The summed E-state index contributed by atoms with van der Waals surface area (Å²) in [7, 11) is 0. The maximum atomic E-state index is 12.8. The number of aliphatic imine (C=N–C) groups is 1. The van der Waals surface area contributed by atoms with E-state index < -0.39 is 0 Å². The van der Waals surface area contributed by atoms with Gasteiger partial charge in [-0.15, -0.1) is 11.8 Å². The Morgan fingerprint density at radius 2 is 1.79 bits per heavy atom. The molecule has 3 heterocycles. The fourth-order valence-corrected chi connectivity index (χ4v) is 5.84. The molecule has 3 aromatic rings. The molecule has 2 aliphatic rings. The van der Waals surface area contributed by atoms with Crippen molar-refractivity contribution in [1.82, 2.24) is 14.7 Å². The van der Waals surface area contributed by atoms with Crippen LogP contribution in [-0.2, 0) is 4.79 Å². The van der Waals surface area contributed by atoms with Crippen LogP contribution < -0.4 is 0 Å². The zero-order valence-corrected chi connectivity index (χ0v) is 20.9. The minimum Gasteiger partial charge on any atom is -0.351 e. The number of carbonyl (C=O) groups is 1. The van der Waals surface area contributed by atoms with Crippen molar-refractivity contribution in [3.63, 3.8) is 0 Å². The van der Waals surface area contributed by atoms with Crippen molar-refractivity contribution >= 4 is 40.7 Å². The molecular formula is C27H28N4OS2. The Hall–Kier alpha value is -2.77. The van der Waals surface area contributed by atoms with Crippen molar-refractivity contribution in [2.24, 2.45) is 4.99 Å². The van der Waals surface area contributed by atoms with Gasteiger partial charge in [0, 0.05) is 35.3 Å². The van der Waals surface area contributed by atoms with Crippen molar-refractivity contribution in [3.05, 3.63) is 71.3 Å². The molecule has 5 nitrogen and oxygen atoms in total.